The first-order chi connectivity index (χ1) is 16.9. The molecule has 4 rings (SSSR count). The average Bonchev–Trinajstić information content (AvgIpc) is 3.62. The van der Waals surface area contributed by atoms with Crippen LogP contribution in [-0.4, -0.2) is 33.8 Å². The zero-order valence-corrected chi connectivity index (χ0v) is 20.7. The highest BCUT2D eigenvalue weighted by molar-refractivity contribution is 7.09. The van der Waals surface area contributed by atoms with Crippen molar-refractivity contribution < 1.29 is 23.3 Å². The van der Waals surface area contributed by atoms with Gasteiger partial charge in [0.05, 0.1) is 6.54 Å². The molecule has 35 heavy (non-hydrogen) atoms. The third kappa shape index (κ3) is 6.60. The van der Waals surface area contributed by atoms with Gasteiger partial charge in [0.15, 0.2) is 11.9 Å². The molecule has 0 bridgehead atoms. The molecular weight excluding hydrogens is 468 g/mol. The molecule has 0 spiro atoms. The number of hydrogen-bond acceptors (Lipinski definition) is 7. The Morgan fingerprint density at radius 3 is 2.57 bits per heavy atom. The molecule has 1 aliphatic rings. The molecule has 1 aliphatic carbocycles. The molecule has 0 radical (unpaired) electrons. The Hall–Kier alpha value is -3.40. The standard InChI is InChI=1S/C25H30N4O5S/c1-16-9-10-20(33-16)24(25(32)26-18-6-3-4-7-18)29(15-19-8-5-13-35-19)23(31)12-11-22(30)27-21-14-17(2)34-28-21/h5,8-10,13-14,18,24H,3-4,6-7,11-12,15H2,1-2H3,(H,26,32)(H,27,28,30)/t24-/m0/s1. The van der Waals surface area contributed by atoms with Crippen molar-refractivity contribution in [2.45, 2.75) is 71.0 Å². The summed E-state index contributed by atoms with van der Waals surface area (Å²) in [6, 6.07) is 8.11. The maximum Gasteiger partial charge on any atom is 0.250 e. The molecule has 0 aliphatic heterocycles. The van der Waals surface area contributed by atoms with Crippen LogP contribution in [0.3, 0.4) is 0 Å². The van der Waals surface area contributed by atoms with Crippen molar-refractivity contribution in [1.29, 1.82) is 0 Å². The number of thiophene rings is 1. The van der Waals surface area contributed by atoms with Crippen molar-refractivity contribution in [1.82, 2.24) is 15.4 Å². The van der Waals surface area contributed by atoms with Gasteiger partial charge in [-0.2, -0.15) is 0 Å². The fourth-order valence-corrected chi connectivity index (χ4v) is 4.97. The maximum absolute atomic E-state index is 13.5. The molecule has 0 aromatic carbocycles. The first-order valence-electron chi connectivity index (χ1n) is 11.8. The van der Waals surface area contributed by atoms with Crippen LogP contribution >= 0.6 is 11.3 Å². The van der Waals surface area contributed by atoms with Crippen LogP contribution in [0, 0.1) is 13.8 Å². The maximum atomic E-state index is 13.5. The van der Waals surface area contributed by atoms with Gasteiger partial charge in [-0.25, -0.2) is 0 Å². The lowest BCUT2D eigenvalue weighted by molar-refractivity contribution is -0.143. The number of nitrogens with zero attached hydrogens (tertiary/aromatic N) is 2. The van der Waals surface area contributed by atoms with Crippen molar-refractivity contribution >= 4 is 34.9 Å². The lowest BCUT2D eigenvalue weighted by Gasteiger charge is -2.30. The smallest absolute Gasteiger partial charge is 0.250 e. The van der Waals surface area contributed by atoms with Crippen molar-refractivity contribution in [3.05, 3.63) is 57.9 Å². The largest absolute Gasteiger partial charge is 0.464 e. The van der Waals surface area contributed by atoms with Crippen LogP contribution < -0.4 is 10.6 Å². The Morgan fingerprint density at radius 1 is 1.14 bits per heavy atom. The van der Waals surface area contributed by atoms with E-state index in [1.165, 1.54) is 16.2 Å². The van der Waals surface area contributed by atoms with Gasteiger partial charge >= 0.3 is 0 Å². The number of carbonyl (C=O) groups excluding carboxylic acids is 3. The molecule has 3 aromatic rings. The fourth-order valence-electron chi connectivity index (χ4n) is 4.26. The molecule has 0 unspecified atom stereocenters. The second-order valence-electron chi connectivity index (χ2n) is 8.81. The molecule has 1 atom stereocenters. The number of aryl methyl sites for hydroxylation is 2. The quantitative estimate of drug-likeness (QED) is 0.425. The third-order valence-electron chi connectivity index (χ3n) is 5.98. The van der Waals surface area contributed by atoms with Crippen LogP contribution in [0.15, 0.2) is 44.7 Å². The van der Waals surface area contributed by atoms with Crippen LogP contribution in [-0.2, 0) is 20.9 Å². The second-order valence-corrected chi connectivity index (χ2v) is 9.85. The Balaban J connectivity index is 1.53. The summed E-state index contributed by atoms with van der Waals surface area (Å²) in [5, 5.41) is 11.4. The molecule has 9 nitrogen and oxygen atoms in total. The highest BCUT2D eigenvalue weighted by Gasteiger charge is 2.35. The summed E-state index contributed by atoms with van der Waals surface area (Å²) in [4.78, 5) is 41.9. The fraction of sp³-hybridized carbons (Fsp3) is 0.440. The number of aromatic nitrogens is 1. The lowest BCUT2D eigenvalue weighted by Crippen LogP contribution is -2.45. The molecule has 0 saturated heterocycles. The summed E-state index contributed by atoms with van der Waals surface area (Å²) in [6.45, 7) is 3.77. The van der Waals surface area contributed by atoms with Crippen molar-refractivity contribution in [3.8, 4) is 0 Å². The first-order valence-corrected chi connectivity index (χ1v) is 12.7. The van der Waals surface area contributed by atoms with Gasteiger partial charge < -0.3 is 24.5 Å². The monoisotopic (exact) mass is 498 g/mol. The van der Waals surface area contributed by atoms with Crippen LogP contribution in [0.25, 0.3) is 0 Å². The number of rotatable bonds is 10. The van der Waals surface area contributed by atoms with E-state index in [0.717, 1.165) is 30.6 Å². The summed E-state index contributed by atoms with van der Waals surface area (Å²) in [5.74, 6) is 1.00. The molecular formula is C25H30N4O5S. The number of carbonyl (C=O) groups is 3. The van der Waals surface area contributed by atoms with Gasteiger partial charge in [0, 0.05) is 29.8 Å². The van der Waals surface area contributed by atoms with Gasteiger partial charge in [-0.1, -0.05) is 24.1 Å². The topological polar surface area (TPSA) is 118 Å². The van der Waals surface area contributed by atoms with Gasteiger partial charge in [0.2, 0.25) is 11.8 Å². The number of furan rings is 1. The van der Waals surface area contributed by atoms with Crippen molar-refractivity contribution in [3.63, 3.8) is 0 Å². The first kappa shape index (κ1) is 24.7. The van der Waals surface area contributed by atoms with Crippen LogP contribution in [0.2, 0.25) is 0 Å². The minimum absolute atomic E-state index is 0.0557. The molecule has 3 amide bonds. The summed E-state index contributed by atoms with van der Waals surface area (Å²) in [5.41, 5.74) is 0. The minimum atomic E-state index is -0.930. The zero-order valence-electron chi connectivity index (χ0n) is 19.9. The molecule has 2 N–H and O–H groups in total. The summed E-state index contributed by atoms with van der Waals surface area (Å²) in [7, 11) is 0. The third-order valence-corrected chi connectivity index (χ3v) is 6.84. The number of hydrogen-bond donors (Lipinski definition) is 2. The summed E-state index contributed by atoms with van der Waals surface area (Å²) < 4.78 is 10.8. The zero-order chi connectivity index (χ0) is 24.8. The Labute approximate surface area is 207 Å². The van der Waals surface area contributed by atoms with E-state index in [1.807, 2.05) is 17.5 Å². The van der Waals surface area contributed by atoms with Crippen LogP contribution in [0.5, 0.6) is 0 Å². The normalized spacial score (nSPS) is 14.6. The van der Waals surface area contributed by atoms with Gasteiger partial charge in [0.1, 0.15) is 17.3 Å². The van der Waals surface area contributed by atoms with E-state index in [4.69, 9.17) is 8.94 Å². The Bertz CT molecular complexity index is 1150. The van der Waals surface area contributed by atoms with Crippen molar-refractivity contribution in [2.24, 2.45) is 0 Å². The van der Waals surface area contributed by atoms with Crippen LogP contribution in [0.1, 0.15) is 66.7 Å². The average molecular weight is 499 g/mol. The second kappa shape index (κ2) is 11.4. The van der Waals surface area contributed by atoms with E-state index in [1.54, 1.807) is 32.0 Å². The van der Waals surface area contributed by atoms with Gasteiger partial charge in [-0.05, 0) is 50.3 Å². The molecule has 186 valence electrons. The van der Waals surface area contributed by atoms with E-state index in [0.29, 0.717) is 23.1 Å². The lowest BCUT2D eigenvalue weighted by atomic mass is 10.1. The molecule has 3 heterocycles. The SMILES string of the molecule is Cc1cc(NC(=O)CCC(=O)N(Cc2cccs2)[C@H](C(=O)NC2CCCC2)c2ccc(C)o2)no1. The van der Waals surface area contributed by atoms with E-state index in [2.05, 4.69) is 15.8 Å². The van der Waals surface area contributed by atoms with E-state index >= 15 is 0 Å². The minimum Gasteiger partial charge on any atom is -0.464 e. The van der Waals surface area contributed by atoms with Crippen molar-refractivity contribution in [2.75, 3.05) is 5.32 Å². The number of nitrogens with one attached hydrogen (secondary N) is 2. The summed E-state index contributed by atoms with van der Waals surface area (Å²) >= 11 is 1.51. The highest BCUT2D eigenvalue weighted by atomic mass is 32.1. The summed E-state index contributed by atoms with van der Waals surface area (Å²) in [6.07, 6.45) is 3.88. The number of amides is 3. The molecule has 3 aromatic heterocycles. The predicted molar refractivity (Wildman–Crippen MR) is 131 cm³/mol. The molecule has 1 fully saturated rings. The Morgan fingerprint density at radius 2 is 1.94 bits per heavy atom. The van der Waals surface area contributed by atoms with E-state index in [9.17, 15) is 14.4 Å². The van der Waals surface area contributed by atoms with Crippen LogP contribution in [0.4, 0.5) is 5.82 Å². The molecule has 10 heteroatoms. The van der Waals surface area contributed by atoms with E-state index < -0.39 is 6.04 Å². The van der Waals surface area contributed by atoms with Gasteiger partial charge in [0.25, 0.3) is 5.91 Å². The predicted octanol–water partition coefficient (Wildman–Crippen LogP) is 4.49. The highest BCUT2D eigenvalue weighted by Crippen LogP contribution is 2.29. The van der Waals surface area contributed by atoms with Gasteiger partial charge in [-0.3, -0.25) is 14.4 Å². The molecule has 1 saturated carbocycles. The van der Waals surface area contributed by atoms with E-state index in [-0.39, 0.29) is 43.1 Å². The van der Waals surface area contributed by atoms with Gasteiger partial charge in [-0.15, -0.1) is 11.3 Å². The Kier molecular flexibility index (Phi) is 8.02. The number of anilines is 1.